The summed E-state index contributed by atoms with van der Waals surface area (Å²) in [5, 5.41) is 17.6. The third-order valence-electron chi connectivity index (χ3n) is 2.67. The summed E-state index contributed by atoms with van der Waals surface area (Å²) in [6, 6.07) is 0. The molecule has 92 valence electrons. The van der Waals surface area contributed by atoms with Crippen molar-refractivity contribution in [2.75, 3.05) is 33.0 Å². The van der Waals surface area contributed by atoms with Gasteiger partial charge in [-0.3, -0.25) is 9.59 Å². The van der Waals surface area contributed by atoms with E-state index < -0.39 is 11.4 Å². The average Bonchev–Trinajstić information content (AvgIpc) is 2.26. The summed E-state index contributed by atoms with van der Waals surface area (Å²) in [5.74, 6) is -1.47. The summed E-state index contributed by atoms with van der Waals surface area (Å²) < 4.78 is 10.1. The number of carboxylic acid groups (broad SMARTS) is 1. The standard InChI is InChI=1S/C10H16O6/c11-3-6-15-5-2-10(9(13)14)7-16-4-1-8(10)12/h11H,1-7H2,(H,13,14). The molecule has 0 aromatic rings. The van der Waals surface area contributed by atoms with Gasteiger partial charge in [0, 0.05) is 13.0 Å². The van der Waals surface area contributed by atoms with Gasteiger partial charge in [0.25, 0.3) is 0 Å². The lowest BCUT2D eigenvalue weighted by atomic mass is 9.78. The van der Waals surface area contributed by atoms with Crippen LogP contribution in [-0.4, -0.2) is 55.0 Å². The number of carbonyl (C=O) groups excluding carboxylic acids is 1. The van der Waals surface area contributed by atoms with E-state index in [1.165, 1.54) is 0 Å². The van der Waals surface area contributed by atoms with Gasteiger partial charge in [-0.2, -0.15) is 0 Å². The summed E-state index contributed by atoms with van der Waals surface area (Å²) in [7, 11) is 0. The Morgan fingerprint density at radius 2 is 2.25 bits per heavy atom. The van der Waals surface area contributed by atoms with Crippen LogP contribution in [0, 0.1) is 5.41 Å². The van der Waals surface area contributed by atoms with E-state index in [9.17, 15) is 9.59 Å². The van der Waals surface area contributed by atoms with Gasteiger partial charge < -0.3 is 19.7 Å². The van der Waals surface area contributed by atoms with Crippen molar-refractivity contribution in [2.24, 2.45) is 5.41 Å². The van der Waals surface area contributed by atoms with Crippen molar-refractivity contribution in [3.05, 3.63) is 0 Å². The first kappa shape index (κ1) is 13.1. The third kappa shape index (κ3) is 2.78. The molecule has 16 heavy (non-hydrogen) atoms. The molecule has 0 saturated carbocycles. The molecule has 1 rings (SSSR count). The second kappa shape index (κ2) is 5.93. The van der Waals surface area contributed by atoms with E-state index in [1.54, 1.807) is 0 Å². The normalized spacial score (nSPS) is 25.7. The first-order chi connectivity index (χ1) is 7.63. The van der Waals surface area contributed by atoms with Crippen LogP contribution in [0.1, 0.15) is 12.8 Å². The van der Waals surface area contributed by atoms with Crippen LogP contribution in [0.25, 0.3) is 0 Å². The van der Waals surface area contributed by atoms with E-state index >= 15 is 0 Å². The maximum absolute atomic E-state index is 11.7. The molecule has 1 aliphatic rings. The fraction of sp³-hybridized carbons (Fsp3) is 0.800. The molecule has 0 aromatic carbocycles. The highest BCUT2D eigenvalue weighted by Crippen LogP contribution is 2.29. The Morgan fingerprint density at radius 1 is 1.50 bits per heavy atom. The van der Waals surface area contributed by atoms with Crippen LogP contribution in [0.2, 0.25) is 0 Å². The Labute approximate surface area is 93.2 Å². The van der Waals surface area contributed by atoms with Gasteiger partial charge in [-0.15, -0.1) is 0 Å². The number of carboxylic acids is 1. The molecule has 1 unspecified atom stereocenters. The molecule has 6 heteroatoms. The van der Waals surface area contributed by atoms with E-state index in [0.717, 1.165) is 0 Å². The summed E-state index contributed by atoms with van der Waals surface area (Å²) >= 11 is 0. The quantitative estimate of drug-likeness (QED) is 0.471. The molecule has 1 heterocycles. The van der Waals surface area contributed by atoms with Crippen molar-refractivity contribution in [2.45, 2.75) is 12.8 Å². The number of ether oxygens (including phenoxy) is 2. The van der Waals surface area contributed by atoms with Crippen molar-refractivity contribution in [1.82, 2.24) is 0 Å². The lowest BCUT2D eigenvalue weighted by Crippen LogP contribution is -2.47. The Bertz CT molecular complexity index is 264. The molecule has 1 aliphatic heterocycles. The van der Waals surface area contributed by atoms with Gasteiger partial charge in [-0.05, 0) is 6.42 Å². The van der Waals surface area contributed by atoms with Crippen molar-refractivity contribution < 1.29 is 29.3 Å². The molecule has 1 saturated heterocycles. The zero-order valence-corrected chi connectivity index (χ0v) is 8.98. The predicted molar refractivity (Wildman–Crippen MR) is 53.0 cm³/mol. The second-order valence-corrected chi connectivity index (χ2v) is 3.70. The lowest BCUT2D eigenvalue weighted by molar-refractivity contribution is -0.166. The molecule has 1 fully saturated rings. The molecule has 2 N–H and O–H groups in total. The first-order valence-corrected chi connectivity index (χ1v) is 5.16. The van der Waals surface area contributed by atoms with Crippen LogP contribution < -0.4 is 0 Å². The number of hydrogen-bond donors (Lipinski definition) is 2. The Balaban J connectivity index is 2.57. The largest absolute Gasteiger partial charge is 0.480 e. The van der Waals surface area contributed by atoms with Gasteiger partial charge in [0.2, 0.25) is 0 Å². The number of aliphatic carboxylic acids is 1. The Kier molecular flexibility index (Phi) is 4.85. The van der Waals surface area contributed by atoms with Crippen molar-refractivity contribution >= 4 is 11.8 Å². The summed E-state index contributed by atoms with van der Waals surface area (Å²) in [6.45, 7) is 0.340. The second-order valence-electron chi connectivity index (χ2n) is 3.70. The minimum absolute atomic E-state index is 0.0845. The van der Waals surface area contributed by atoms with Gasteiger partial charge in [0.15, 0.2) is 11.2 Å². The number of aliphatic hydroxyl groups excluding tert-OH is 1. The van der Waals surface area contributed by atoms with Gasteiger partial charge in [-0.25, -0.2) is 0 Å². The maximum atomic E-state index is 11.7. The summed E-state index contributed by atoms with van der Waals surface area (Å²) in [6.07, 6.45) is 0.216. The zero-order valence-electron chi connectivity index (χ0n) is 8.98. The van der Waals surface area contributed by atoms with E-state index in [4.69, 9.17) is 19.7 Å². The minimum atomic E-state index is -1.46. The molecule has 0 bridgehead atoms. The van der Waals surface area contributed by atoms with Gasteiger partial charge >= 0.3 is 5.97 Å². The van der Waals surface area contributed by atoms with Crippen LogP contribution in [0.4, 0.5) is 0 Å². The summed E-state index contributed by atoms with van der Waals surface area (Å²) in [5.41, 5.74) is -1.46. The highest BCUT2D eigenvalue weighted by Gasteiger charge is 2.47. The first-order valence-electron chi connectivity index (χ1n) is 5.16. The fourth-order valence-electron chi connectivity index (χ4n) is 1.64. The van der Waals surface area contributed by atoms with Crippen LogP contribution in [0.3, 0.4) is 0 Å². The van der Waals surface area contributed by atoms with Crippen molar-refractivity contribution in [3.63, 3.8) is 0 Å². The van der Waals surface area contributed by atoms with Crippen LogP contribution >= 0.6 is 0 Å². The minimum Gasteiger partial charge on any atom is -0.480 e. The molecule has 0 amide bonds. The topological polar surface area (TPSA) is 93.1 Å². The van der Waals surface area contributed by atoms with Gasteiger partial charge in [-0.1, -0.05) is 0 Å². The number of Topliss-reactive ketones (excluding diaryl/α,β-unsaturated/α-hetero) is 1. The van der Waals surface area contributed by atoms with E-state index in [0.29, 0.717) is 0 Å². The Morgan fingerprint density at radius 3 is 2.81 bits per heavy atom. The number of aliphatic hydroxyl groups is 1. The van der Waals surface area contributed by atoms with Gasteiger partial charge in [0.1, 0.15) is 0 Å². The van der Waals surface area contributed by atoms with Crippen LogP contribution in [0.15, 0.2) is 0 Å². The fourth-order valence-corrected chi connectivity index (χ4v) is 1.64. The SMILES string of the molecule is O=C(O)C1(CCOCCO)COCCC1=O. The highest BCUT2D eigenvalue weighted by molar-refractivity contribution is 6.03. The molecule has 6 nitrogen and oxygen atoms in total. The molecular formula is C10H16O6. The highest BCUT2D eigenvalue weighted by atomic mass is 16.5. The van der Waals surface area contributed by atoms with E-state index in [1.807, 2.05) is 0 Å². The molecular weight excluding hydrogens is 216 g/mol. The predicted octanol–water partition coefficient (Wildman–Crippen LogP) is -0.554. The molecule has 1 atom stereocenters. The third-order valence-corrected chi connectivity index (χ3v) is 2.67. The molecule has 0 aromatic heterocycles. The molecule has 0 aliphatic carbocycles. The number of hydrogen-bond acceptors (Lipinski definition) is 5. The number of carbonyl (C=O) groups is 2. The number of rotatable bonds is 6. The smallest absolute Gasteiger partial charge is 0.319 e. The molecule has 0 radical (unpaired) electrons. The number of ketones is 1. The van der Waals surface area contributed by atoms with Gasteiger partial charge in [0.05, 0.1) is 26.4 Å². The summed E-state index contributed by atoms with van der Waals surface area (Å²) in [4.78, 5) is 22.8. The van der Waals surface area contributed by atoms with E-state index in [-0.39, 0.29) is 51.7 Å². The monoisotopic (exact) mass is 232 g/mol. The van der Waals surface area contributed by atoms with Crippen LogP contribution in [0.5, 0.6) is 0 Å². The van der Waals surface area contributed by atoms with Crippen LogP contribution in [-0.2, 0) is 19.1 Å². The van der Waals surface area contributed by atoms with Crippen molar-refractivity contribution in [1.29, 1.82) is 0 Å². The Hall–Kier alpha value is -0.980. The van der Waals surface area contributed by atoms with Crippen molar-refractivity contribution in [3.8, 4) is 0 Å². The maximum Gasteiger partial charge on any atom is 0.319 e. The van der Waals surface area contributed by atoms with E-state index in [2.05, 4.69) is 0 Å². The lowest BCUT2D eigenvalue weighted by Gasteiger charge is -2.31. The average molecular weight is 232 g/mol. The molecule has 0 spiro atoms. The zero-order chi connectivity index (χ0) is 12.0.